The molecule has 0 saturated carbocycles. The molecule has 0 fully saturated rings. The van der Waals surface area contributed by atoms with Crippen molar-refractivity contribution in [2.45, 2.75) is 46.5 Å². The number of rotatable bonds is 9. The van der Waals surface area contributed by atoms with Gasteiger partial charge in [-0.25, -0.2) is 0 Å². The maximum absolute atomic E-state index is 5.95. The van der Waals surface area contributed by atoms with Gasteiger partial charge in [-0.3, -0.25) is 4.99 Å². The topological polar surface area (TPSA) is 53.6 Å². The van der Waals surface area contributed by atoms with Crippen LogP contribution in [0, 0.1) is 0 Å². The minimum absolute atomic E-state index is 0.503. The minimum atomic E-state index is 0.503. The lowest BCUT2D eigenvalue weighted by Gasteiger charge is -2.17. The molecule has 0 aromatic heterocycles. The Morgan fingerprint density at radius 3 is 2.59 bits per heavy atom. The summed E-state index contributed by atoms with van der Waals surface area (Å²) in [7, 11) is 0. The van der Waals surface area contributed by atoms with E-state index in [2.05, 4.69) is 61.1 Å². The van der Waals surface area contributed by atoms with Gasteiger partial charge in [0.1, 0.15) is 0 Å². The third kappa shape index (κ3) is 6.94. The van der Waals surface area contributed by atoms with Gasteiger partial charge in [0.25, 0.3) is 0 Å². The van der Waals surface area contributed by atoms with Crippen LogP contribution < -0.4 is 11.1 Å². The van der Waals surface area contributed by atoms with E-state index >= 15 is 0 Å². The number of guanidine groups is 1. The zero-order valence-corrected chi connectivity index (χ0v) is 14.6. The van der Waals surface area contributed by atoms with Gasteiger partial charge in [-0.15, -0.1) is 0 Å². The van der Waals surface area contributed by atoms with Crippen LogP contribution in [0.5, 0.6) is 0 Å². The number of nitrogens with two attached hydrogens (primary N) is 1. The first-order chi connectivity index (χ1) is 10.6. The van der Waals surface area contributed by atoms with Crippen LogP contribution in [0.25, 0.3) is 0 Å². The van der Waals surface area contributed by atoms with Crippen molar-refractivity contribution in [3.63, 3.8) is 0 Å². The first-order valence-corrected chi connectivity index (χ1v) is 8.46. The Balaban J connectivity index is 2.35. The van der Waals surface area contributed by atoms with Crippen LogP contribution in [0.1, 0.15) is 52.0 Å². The van der Waals surface area contributed by atoms with E-state index in [1.165, 1.54) is 12.0 Å². The van der Waals surface area contributed by atoms with Gasteiger partial charge in [0.15, 0.2) is 5.96 Å². The second-order valence-corrected chi connectivity index (χ2v) is 5.91. The Morgan fingerprint density at radius 2 is 1.95 bits per heavy atom. The molecule has 1 rings (SSSR count). The van der Waals surface area contributed by atoms with Gasteiger partial charge in [0, 0.05) is 12.2 Å². The molecule has 124 valence electrons. The number of nitrogens with zero attached hydrogens (tertiary/aromatic N) is 2. The van der Waals surface area contributed by atoms with Gasteiger partial charge >= 0.3 is 0 Å². The first-order valence-electron chi connectivity index (χ1n) is 8.46. The number of nitrogens with one attached hydrogen (secondary N) is 1. The average molecular weight is 304 g/mol. The van der Waals surface area contributed by atoms with E-state index in [4.69, 9.17) is 5.73 Å². The summed E-state index contributed by atoms with van der Waals surface area (Å²) in [5, 5.41) is 3.18. The van der Waals surface area contributed by atoms with Gasteiger partial charge in [0.05, 0.1) is 0 Å². The number of unbranched alkanes of at least 4 members (excludes halogenated alkanes) is 1. The Labute approximate surface area is 135 Å². The van der Waals surface area contributed by atoms with Crippen molar-refractivity contribution in [1.82, 2.24) is 4.90 Å². The normalized spacial score (nSPS) is 12.2. The Kier molecular flexibility index (Phi) is 8.60. The van der Waals surface area contributed by atoms with Crippen LogP contribution >= 0.6 is 0 Å². The molecule has 0 atom stereocenters. The Bertz CT molecular complexity index is 450. The summed E-state index contributed by atoms with van der Waals surface area (Å²) in [4.78, 5) is 6.84. The highest BCUT2D eigenvalue weighted by molar-refractivity contribution is 5.92. The largest absolute Gasteiger partial charge is 0.370 e. The molecular weight excluding hydrogens is 272 g/mol. The molecule has 22 heavy (non-hydrogen) atoms. The molecule has 4 heteroatoms. The summed E-state index contributed by atoms with van der Waals surface area (Å²) in [6, 6.07) is 8.34. The van der Waals surface area contributed by atoms with E-state index in [1.807, 2.05) is 6.07 Å². The molecular formula is C18H32N4. The number of benzene rings is 1. The summed E-state index contributed by atoms with van der Waals surface area (Å²) in [5.41, 5.74) is 8.27. The van der Waals surface area contributed by atoms with Crippen LogP contribution in [0.15, 0.2) is 29.3 Å². The SMILES string of the molecule is CCN(CC)CCCCN=C(N)Nc1cccc(C(C)C)c1. The number of hydrogen-bond acceptors (Lipinski definition) is 2. The zero-order valence-electron chi connectivity index (χ0n) is 14.6. The standard InChI is InChI=1S/C18H32N4/c1-5-22(6-2)13-8-7-12-20-18(19)21-17-11-9-10-16(14-17)15(3)4/h9-11,14-15H,5-8,12-13H2,1-4H3,(H3,19,20,21). The van der Waals surface area contributed by atoms with E-state index in [0.717, 1.165) is 38.3 Å². The number of anilines is 1. The molecule has 1 aromatic carbocycles. The third-order valence-electron chi connectivity index (χ3n) is 3.88. The molecule has 0 aliphatic rings. The molecule has 0 spiro atoms. The van der Waals surface area contributed by atoms with Gasteiger partial charge in [0.2, 0.25) is 0 Å². The summed E-state index contributed by atoms with van der Waals surface area (Å²) in [6.07, 6.45) is 2.24. The molecule has 0 bridgehead atoms. The molecule has 0 heterocycles. The molecule has 0 saturated heterocycles. The average Bonchev–Trinajstić information content (AvgIpc) is 2.51. The summed E-state index contributed by atoms with van der Waals surface area (Å²) in [5.74, 6) is 1.02. The smallest absolute Gasteiger partial charge is 0.193 e. The van der Waals surface area contributed by atoms with Gasteiger partial charge in [-0.1, -0.05) is 39.8 Å². The van der Waals surface area contributed by atoms with Gasteiger partial charge in [-0.05, 0) is 56.1 Å². The van der Waals surface area contributed by atoms with Gasteiger partial charge in [-0.2, -0.15) is 0 Å². The third-order valence-corrected chi connectivity index (χ3v) is 3.88. The number of aliphatic imine (C=N–C) groups is 1. The van der Waals surface area contributed by atoms with Crippen molar-refractivity contribution >= 4 is 11.6 Å². The van der Waals surface area contributed by atoms with E-state index in [0.29, 0.717) is 11.9 Å². The van der Waals surface area contributed by atoms with Gasteiger partial charge < -0.3 is 16.0 Å². The second kappa shape index (κ2) is 10.2. The van der Waals surface area contributed by atoms with Crippen LogP contribution in [-0.4, -0.2) is 37.0 Å². The van der Waals surface area contributed by atoms with Crippen molar-refractivity contribution in [3.05, 3.63) is 29.8 Å². The molecule has 3 N–H and O–H groups in total. The lowest BCUT2D eigenvalue weighted by atomic mass is 10.0. The highest BCUT2D eigenvalue weighted by atomic mass is 15.1. The van der Waals surface area contributed by atoms with E-state index in [-0.39, 0.29) is 0 Å². The predicted molar refractivity (Wildman–Crippen MR) is 97.7 cm³/mol. The summed E-state index contributed by atoms with van der Waals surface area (Å²) in [6.45, 7) is 12.9. The van der Waals surface area contributed by atoms with Crippen LogP contribution in [0.2, 0.25) is 0 Å². The minimum Gasteiger partial charge on any atom is -0.370 e. The molecule has 1 aromatic rings. The highest BCUT2D eigenvalue weighted by Gasteiger charge is 2.01. The molecule has 0 unspecified atom stereocenters. The van der Waals surface area contributed by atoms with Crippen molar-refractivity contribution in [1.29, 1.82) is 0 Å². The van der Waals surface area contributed by atoms with Crippen LogP contribution in [-0.2, 0) is 0 Å². The van der Waals surface area contributed by atoms with Crippen LogP contribution in [0.3, 0.4) is 0 Å². The fourth-order valence-corrected chi connectivity index (χ4v) is 2.35. The molecule has 4 nitrogen and oxygen atoms in total. The molecule has 0 amide bonds. The lowest BCUT2D eigenvalue weighted by Crippen LogP contribution is -2.24. The molecule has 0 aliphatic heterocycles. The fourth-order valence-electron chi connectivity index (χ4n) is 2.35. The highest BCUT2D eigenvalue weighted by Crippen LogP contribution is 2.18. The van der Waals surface area contributed by atoms with Crippen molar-refractivity contribution in [3.8, 4) is 0 Å². The summed E-state index contributed by atoms with van der Waals surface area (Å²) < 4.78 is 0. The molecule has 0 radical (unpaired) electrons. The van der Waals surface area contributed by atoms with E-state index in [9.17, 15) is 0 Å². The maximum atomic E-state index is 5.95. The van der Waals surface area contributed by atoms with Crippen LogP contribution in [0.4, 0.5) is 5.69 Å². The second-order valence-electron chi connectivity index (χ2n) is 5.91. The van der Waals surface area contributed by atoms with Crippen molar-refractivity contribution in [2.75, 3.05) is 31.5 Å². The number of hydrogen-bond donors (Lipinski definition) is 2. The summed E-state index contributed by atoms with van der Waals surface area (Å²) >= 11 is 0. The van der Waals surface area contributed by atoms with E-state index in [1.54, 1.807) is 0 Å². The Morgan fingerprint density at radius 1 is 1.23 bits per heavy atom. The van der Waals surface area contributed by atoms with Crippen molar-refractivity contribution in [2.24, 2.45) is 10.7 Å². The van der Waals surface area contributed by atoms with E-state index < -0.39 is 0 Å². The predicted octanol–water partition coefficient (Wildman–Crippen LogP) is 3.66. The quantitative estimate of drug-likeness (QED) is 0.416. The van der Waals surface area contributed by atoms with Crippen molar-refractivity contribution < 1.29 is 0 Å². The Hall–Kier alpha value is -1.55. The molecule has 0 aliphatic carbocycles. The fraction of sp³-hybridized carbons (Fsp3) is 0.611. The monoisotopic (exact) mass is 304 g/mol. The lowest BCUT2D eigenvalue weighted by molar-refractivity contribution is 0.298. The first kappa shape index (κ1) is 18.5. The zero-order chi connectivity index (χ0) is 16.4. The maximum Gasteiger partial charge on any atom is 0.193 e.